The molecular weight excluding hydrogens is 258 g/mol. The molecule has 0 aliphatic carbocycles. The lowest BCUT2D eigenvalue weighted by atomic mass is 9.77. The molecule has 2 heteroatoms. The molecule has 0 saturated carbocycles. The van der Waals surface area contributed by atoms with Crippen molar-refractivity contribution in [3.63, 3.8) is 0 Å². The largest absolute Gasteiger partial charge is 0.390 e. The van der Waals surface area contributed by atoms with E-state index in [4.69, 9.17) is 0 Å². The molecule has 1 aromatic carbocycles. The van der Waals surface area contributed by atoms with E-state index in [0.29, 0.717) is 12.0 Å². The molecule has 0 aromatic heterocycles. The van der Waals surface area contributed by atoms with Gasteiger partial charge in [0.2, 0.25) is 0 Å². The number of rotatable bonds is 4. The van der Waals surface area contributed by atoms with Crippen molar-refractivity contribution in [3.05, 3.63) is 35.9 Å². The molecule has 0 bridgehead atoms. The van der Waals surface area contributed by atoms with Crippen LogP contribution in [-0.4, -0.2) is 34.7 Å². The van der Waals surface area contributed by atoms with Gasteiger partial charge in [0.05, 0.1) is 5.60 Å². The Bertz CT molecular complexity index is 446. The van der Waals surface area contributed by atoms with Gasteiger partial charge in [0.25, 0.3) is 0 Å². The van der Waals surface area contributed by atoms with Gasteiger partial charge in [0, 0.05) is 19.1 Å². The van der Waals surface area contributed by atoms with Crippen LogP contribution in [-0.2, 0) is 0 Å². The maximum Gasteiger partial charge on any atom is 0.0674 e. The van der Waals surface area contributed by atoms with Crippen LogP contribution in [0.1, 0.15) is 63.4 Å². The second-order valence-electron chi connectivity index (χ2n) is 7.12. The van der Waals surface area contributed by atoms with Crippen LogP contribution in [0.15, 0.2) is 30.3 Å². The number of fused-ring (bicyclic) bond motifs is 1. The maximum absolute atomic E-state index is 10.8. The first-order chi connectivity index (χ1) is 10.2. The van der Waals surface area contributed by atoms with Crippen LogP contribution in [0.25, 0.3) is 0 Å². The summed E-state index contributed by atoms with van der Waals surface area (Å²) in [5, 5.41) is 10.8. The molecule has 1 N–H and O–H groups in total. The van der Waals surface area contributed by atoms with Crippen molar-refractivity contribution in [1.29, 1.82) is 0 Å². The van der Waals surface area contributed by atoms with Crippen molar-refractivity contribution >= 4 is 0 Å². The molecule has 21 heavy (non-hydrogen) atoms. The van der Waals surface area contributed by atoms with Crippen LogP contribution in [0.4, 0.5) is 0 Å². The van der Waals surface area contributed by atoms with Crippen molar-refractivity contribution in [3.8, 4) is 0 Å². The molecular formula is C19H29NO. The summed E-state index contributed by atoms with van der Waals surface area (Å²) in [4.78, 5) is 2.64. The molecule has 3 rings (SSSR count). The molecule has 2 nitrogen and oxygen atoms in total. The molecule has 2 aliphatic rings. The van der Waals surface area contributed by atoms with Crippen LogP contribution in [0.5, 0.6) is 0 Å². The third kappa shape index (κ3) is 3.49. The first kappa shape index (κ1) is 15.1. The minimum Gasteiger partial charge on any atom is -0.390 e. The zero-order valence-electron chi connectivity index (χ0n) is 13.3. The molecule has 2 aliphatic heterocycles. The predicted molar refractivity (Wildman–Crippen MR) is 87.5 cm³/mol. The molecule has 0 radical (unpaired) electrons. The van der Waals surface area contributed by atoms with E-state index in [1.54, 1.807) is 0 Å². The van der Waals surface area contributed by atoms with E-state index in [-0.39, 0.29) is 5.60 Å². The van der Waals surface area contributed by atoms with E-state index in [9.17, 15) is 5.11 Å². The van der Waals surface area contributed by atoms with E-state index in [1.165, 1.54) is 31.4 Å². The number of aliphatic hydroxyl groups is 1. The van der Waals surface area contributed by atoms with E-state index >= 15 is 0 Å². The van der Waals surface area contributed by atoms with Crippen molar-refractivity contribution in [2.24, 2.45) is 0 Å². The summed E-state index contributed by atoms with van der Waals surface area (Å²) in [6.07, 6.45) is 7.82. The molecule has 1 aromatic rings. The van der Waals surface area contributed by atoms with Gasteiger partial charge in [-0.3, -0.25) is 4.90 Å². The lowest BCUT2D eigenvalue weighted by molar-refractivity contribution is -0.0650. The molecule has 0 spiro atoms. The van der Waals surface area contributed by atoms with Gasteiger partial charge in [-0.05, 0) is 43.6 Å². The fourth-order valence-corrected chi connectivity index (χ4v) is 4.23. The summed E-state index contributed by atoms with van der Waals surface area (Å²) >= 11 is 0. The lowest BCUT2D eigenvalue weighted by Gasteiger charge is -2.48. The summed E-state index contributed by atoms with van der Waals surface area (Å²) in [6.45, 7) is 4.47. The average Bonchev–Trinajstić information content (AvgIpc) is 2.53. The molecule has 3 atom stereocenters. The van der Waals surface area contributed by atoms with Gasteiger partial charge in [-0.2, -0.15) is 0 Å². The van der Waals surface area contributed by atoms with E-state index < -0.39 is 0 Å². The summed E-state index contributed by atoms with van der Waals surface area (Å²) < 4.78 is 0. The van der Waals surface area contributed by atoms with Crippen LogP contribution in [0.2, 0.25) is 0 Å². The second kappa shape index (κ2) is 6.50. The Morgan fingerprint density at radius 3 is 2.81 bits per heavy atom. The van der Waals surface area contributed by atoms with Gasteiger partial charge in [0.1, 0.15) is 0 Å². The van der Waals surface area contributed by atoms with Gasteiger partial charge in [-0.15, -0.1) is 0 Å². The Morgan fingerprint density at radius 1 is 1.24 bits per heavy atom. The number of hydrogen-bond acceptors (Lipinski definition) is 2. The van der Waals surface area contributed by atoms with E-state index in [1.807, 2.05) is 0 Å². The van der Waals surface area contributed by atoms with Crippen LogP contribution in [0, 0.1) is 0 Å². The highest BCUT2D eigenvalue weighted by atomic mass is 16.3. The van der Waals surface area contributed by atoms with Gasteiger partial charge in [-0.25, -0.2) is 0 Å². The van der Waals surface area contributed by atoms with Crippen LogP contribution in [0.3, 0.4) is 0 Å². The van der Waals surface area contributed by atoms with Crippen molar-refractivity contribution < 1.29 is 5.11 Å². The number of nitrogens with zero attached hydrogens (tertiary/aromatic N) is 1. The van der Waals surface area contributed by atoms with Crippen LogP contribution < -0.4 is 0 Å². The highest BCUT2D eigenvalue weighted by Gasteiger charge is 2.40. The Hall–Kier alpha value is -0.860. The van der Waals surface area contributed by atoms with Gasteiger partial charge in [0.15, 0.2) is 0 Å². The monoisotopic (exact) mass is 287 g/mol. The molecule has 0 amide bonds. The van der Waals surface area contributed by atoms with E-state index in [0.717, 1.165) is 32.2 Å². The summed E-state index contributed by atoms with van der Waals surface area (Å²) in [7, 11) is 0. The SMILES string of the molecule is CCCC[C@@]1(O)CCN2C[C@@H](c3ccccc3)CC[C@@H]2C1. The van der Waals surface area contributed by atoms with Crippen molar-refractivity contribution in [1.82, 2.24) is 4.90 Å². The Balaban J connectivity index is 1.60. The smallest absolute Gasteiger partial charge is 0.0674 e. The highest BCUT2D eigenvalue weighted by Crippen LogP contribution is 2.39. The fourth-order valence-electron chi connectivity index (χ4n) is 4.23. The second-order valence-corrected chi connectivity index (χ2v) is 7.12. The molecule has 0 unspecified atom stereocenters. The van der Waals surface area contributed by atoms with Crippen molar-refractivity contribution in [2.75, 3.05) is 13.1 Å². The minimum absolute atomic E-state index is 0.378. The topological polar surface area (TPSA) is 23.5 Å². The van der Waals surface area contributed by atoms with Crippen LogP contribution >= 0.6 is 0 Å². The molecule has 2 fully saturated rings. The Labute approximate surface area is 129 Å². The molecule has 2 saturated heterocycles. The fraction of sp³-hybridized carbons (Fsp3) is 0.684. The first-order valence-electron chi connectivity index (χ1n) is 8.71. The van der Waals surface area contributed by atoms with Gasteiger partial charge < -0.3 is 5.11 Å². The Morgan fingerprint density at radius 2 is 2.05 bits per heavy atom. The maximum atomic E-state index is 10.8. The summed E-state index contributed by atoms with van der Waals surface area (Å²) in [6, 6.07) is 11.6. The number of unbranched alkanes of at least 4 members (excludes halogenated alkanes) is 1. The number of hydrogen-bond donors (Lipinski definition) is 1. The number of benzene rings is 1. The average molecular weight is 287 g/mol. The molecule has 116 valence electrons. The standard InChI is InChI=1S/C19H29NO/c1-2-3-11-19(21)12-13-20-15-17(9-10-18(20)14-19)16-7-5-4-6-8-16/h4-8,17-18,21H,2-3,9-15H2,1H3/t17-,18+,19+/m0/s1. The number of piperidine rings is 2. The third-order valence-corrected chi connectivity index (χ3v) is 5.57. The van der Waals surface area contributed by atoms with Gasteiger partial charge in [-0.1, -0.05) is 50.1 Å². The minimum atomic E-state index is -0.378. The highest BCUT2D eigenvalue weighted by molar-refractivity contribution is 5.21. The quantitative estimate of drug-likeness (QED) is 0.906. The van der Waals surface area contributed by atoms with Crippen molar-refractivity contribution in [2.45, 2.75) is 69.4 Å². The third-order valence-electron chi connectivity index (χ3n) is 5.57. The summed E-state index contributed by atoms with van der Waals surface area (Å²) in [5.74, 6) is 0.685. The Kier molecular flexibility index (Phi) is 4.66. The lowest BCUT2D eigenvalue weighted by Crippen LogP contribution is -2.53. The predicted octanol–water partition coefficient (Wildman–Crippen LogP) is 3.95. The summed E-state index contributed by atoms with van der Waals surface area (Å²) in [5.41, 5.74) is 1.11. The zero-order chi connectivity index (χ0) is 14.7. The van der Waals surface area contributed by atoms with E-state index in [2.05, 4.69) is 42.2 Å². The zero-order valence-corrected chi connectivity index (χ0v) is 13.3. The van der Waals surface area contributed by atoms with Gasteiger partial charge >= 0.3 is 0 Å². The first-order valence-corrected chi connectivity index (χ1v) is 8.71. The molecule has 2 heterocycles. The normalized spacial score (nSPS) is 33.6.